The Kier molecular flexibility index (Phi) is 4.79. The molecule has 88 valence electrons. The predicted molar refractivity (Wildman–Crippen MR) is 63.1 cm³/mol. The van der Waals surface area contributed by atoms with Crippen molar-refractivity contribution in [2.45, 2.75) is 25.9 Å². The number of hydrogen-bond donors (Lipinski definition) is 2. The van der Waals surface area contributed by atoms with Crippen LogP contribution in [0.2, 0.25) is 0 Å². The molecule has 0 fully saturated rings. The Morgan fingerprint density at radius 2 is 2.25 bits per heavy atom. The van der Waals surface area contributed by atoms with Crippen molar-refractivity contribution >= 4 is 5.91 Å². The lowest BCUT2D eigenvalue weighted by molar-refractivity contribution is -0.124. The first-order valence-electron chi connectivity index (χ1n) is 5.42. The first-order chi connectivity index (χ1) is 7.67. The first-order valence-corrected chi connectivity index (χ1v) is 5.42. The van der Waals surface area contributed by atoms with Crippen LogP contribution in [0.15, 0.2) is 24.3 Å². The van der Waals surface area contributed by atoms with Crippen LogP contribution in [0.1, 0.15) is 18.9 Å². The van der Waals surface area contributed by atoms with Crippen LogP contribution in [-0.4, -0.2) is 18.6 Å². The molecule has 1 aromatic rings. The highest BCUT2D eigenvalue weighted by Gasteiger charge is 2.14. The maximum atomic E-state index is 11.0. The minimum Gasteiger partial charge on any atom is -0.481 e. The van der Waals surface area contributed by atoms with Crippen molar-refractivity contribution < 1.29 is 9.53 Å². The average Bonchev–Trinajstić information content (AvgIpc) is 2.26. The Balaban J connectivity index is 2.72. The molecular weight excluding hydrogens is 204 g/mol. The van der Waals surface area contributed by atoms with Crippen molar-refractivity contribution in [1.82, 2.24) is 0 Å². The molecule has 0 aliphatic carbocycles. The number of hydrogen-bond acceptors (Lipinski definition) is 3. The molecule has 4 nitrogen and oxygen atoms in total. The van der Waals surface area contributed by atoms with Crippen LogP contribution < -0.4 is 16.2 Å². The molecule has 0 aromatic heterocycles. The number of rotatable bonds is 6. The summed E-state index contributed by atoms with van der Waals surface area (Å²) >= 11 is 0. The van der Waals surface area contributed by atoms with Crippen molar-refractivity contribution in [3.8, 4) is 5.75 Å². The van der Waals surface area contributed by atoms with Gasteiger partial charge < -0.3 is 16.2 Å². The minimum absolute atomic E-state index is 0.438. The van der Waals surface area contributed by atoms with E-state index in [9.17, 15) is 4.79 Å². The third kappa shape index (κ3) is 3.55. The minimum atomic E-state index is -0.562. The quantitative estimate of drug-likeness (QED) is 0.748. The summed E-state index contributed by atoms with van der Waals surface area (Å²) in [5, 5.41) is 0. The number of nitrogens with two attached hydrogens (primary N) is 2. The Hall–Kier alpha value is -1.55. The molecule has 0 bridgehead atoms. The van der Waals surface area contributed by atoms with Crippen LogP contribution >= 0.6 is 0 Å². The Morgan fingerprint density at radius 3 is 2.81 bits per heavy atom. The van der Waals surface area contributed by atoms with Crippen LogP contribution in [0, 0.1) is 0 Å². The summed E-state index contributed by atoms with van der Waals surface area (Å²) in [6.45, 7) is 2.45. The molecule has 1 rings (SSSR count). The molecule has 1 atom stereocenters. The number of benzene rings is 1. The summed E-state index contributed by atoms with van der Waals surface area (Å²) in [5.74, 6) is 0.225. The third-order valence-electron chi connectivity index (χ3n) is 2.30. The van der Waals surface area contributed by atoms with Gasteiger partial charge in [-0.1, -0.05) is 19.1 Å². The Morgan fingerprint density at radius 1 is 1.50 bits per heavy atom. The first kappa shape index (κ1) is 12.5. The molecular formula is C12H18N2O2. The van der Waals surface area contributed by atoms with E-state index in [0.717, 1.165) is 12.0 Å². The molecule has 0 saturated carbocycles. The fourth-order valence-electron chi connectivity index (χ4n) is 1.45. The van der Waals surface area contributed by atoms with Crippen molar-refractivity contribution in [1.29, 1.82) is 0 Å². The fraction of sp³-hybridized carbons (Fsp3) is 0.417. The van der Waals surface area contributed by atoms with E-state index in [-0.39, 0.29) is 0 Å². The van der Waals surface area contributed by atoms with Gasteiger partial charge in [-0.2, -0.15) is 0 Å². The highest BCUT2D eigenvalue weighted by atomic mass is 16.5. The van der Waals surface area contributed by atoms with E-state index in [1.165, 1.54) is 0 Å². The maximum Gasteiger partial charge on any atom is 0.258 e. The maximum absolute atomic E-state index is 11.0. The fourth-order valence-corrected chi connectivity index (χ4v) is 1.45. The van der Waals surface area contributed by atoms with Crippen LogP contribution in [0.4, 0.5) is 0 Å². The van der Waals surface area contributed by atoms with E-state index in [1.807, 2.05) is 31.2 Å². The number of carbonyl (C=O) groups excluding carboxylic acids is 1. The van der Waals surface area contributed by atoms with Crippen molar-refractivity contribution in [2.75, 3.05) is 6.54 Å². The van der Waals surface area contributed by atoms with Gasteiger partial charge in [-0.3, -0.25) is 4.79 Å². The molecule has 0 heterocycles. The van der Waals surface area contributed by atoms with Gasteiger partial charge in [0.1, 0.15) is 5.75 Å². The summed E-state index contributed by atoms with van der Waals surface area (Å²) in [7, 11) is 0. The van der Waals surface area contributed by atoms with E-state index >= 15 is 0 Å². The third-order valence-corrected chi connectivity index (χ3v) is 2.30. The monoisotopic (exact) mass is 222 g/mol. The van der Waals surface area contributed by atoms with Gasteiger partial charge in [0, 0.05) is 0 Å². The van der Waals surface area contributed by atoms with Crippen molar-refractivity contribution in [3.05, 3.63) is 29.8 Å². The molecule has 0 aliphatic rings. The summed E-state index contributed by atoms with van der Waals surface area (Å²) in [6, 6.07) is 7.56. The van der Waals surface area contributed by atoms with Crippen LogP contribution in [0.3, 0.4) is 0 Å². The summed E-state index contributed by atoms with van der Waals surface area (Å²) in [6.07, 6.45) is 0.800. The zero-order valence-electron chi connectivity index (χ0n) is 9.48. The molecule has 0 radical (unpaired) electrons. The van der Waals surface area contributed by atoms with Gasteiger partial charge in [0.25, 0.3) is 5.91 Å². The second kappa shape index (κ2) is 6.12. The lowest BCUT2D eigenvalue weighted by Gasteiger charge is -2.14. The van der Waals surface area contributed by atoms with Gasteiger partial charge in [-0.05, 0) is 37.1 Å². The number of ether oxygens (including phenoxy) is 1. The SMILES string of the molecule is CCC(Oc1cccc(CCN)c1)C(N)=O. The van der Waals surface area contributed by atoms with Crippen molar-refractivity contribution in [2.24, 2.45) is 11.5 Å². The molecule has 1 amide bonds. The molecule has 0 spiro atoms. The molecule has 4 heteroatoms. The van der Waals surface area contributed by atoms with E-state index in [1.54, 1.807) is 0 Å². The normalized spacial score (nSPS) is 12.1. The molecule has 1 aromatic carbocycles. The Labute approximate surface area is 95.6 Å². The van der Waals surface area contributed by atoms with Gasteiger partial charge >= 0.3 is 0 Å². The number of carbonyl (C=O) groups is 1. The van der Waals surface area contributed by atoms with E-state index in [0.29, 0.717) is 18.7 Å². The van der Waals surface area contributed by atoms with Gasteiger partial charge in [0.05, 0.1) is 0 Å². The summed E-state index contributed by atoms with van der Waals surface area (Å²) < 4.78 is 5.50. The Bertz CT molecular complexity index is 353. The largest absolute Gasteiger partial charge is 0.481 e. The van der Waals surface area contributed by atoms with Crippen LogP contribution in [0.5, 0.6) is 5.75 Å². The van der Waals surface area contributed by atoms with E-state index in [2.05, 4.69) is 0 Å². The van der Waals surface area contributed by atoms with Gasteiger partial charge in [0.2, 0.25) is 0 Å². The second-order valence-corrected chi connectivity index (χ2v) is 3.60. The second-order valence-electron chi connectivity index (χ2n) is 3.60. The van der Waals surface area contributed by atoms with Crippen LogP contribution in [0.25, 0.3) is 0 Å². The number of primary amides is 1. The predicted octanol–water partition coefficient (Wildman–Crippen LogP) is 0.831. The van der Waals surface area contributed by atoms with Gasteiger partial charge in [0.15, 0.2) is 6.10 Å². The van der Waals surface area contributed by atoms with Gasteiger partial charge in [-0.25, -0.2) is 0 Å². The molecule has 0 saturated heterocycles. The molecule has 1 unspecified atom stereocenters. The van der Waals surface area contributed by atoms with Crippen LogP contribution in [-0.2, 0) is 11.2 Å². The standard InChI is InChI=1S/C12H18N2O2/c1-2-11(12(14)15)16-10-5-3-4-9(8-10)6-7-13/h3-5,8,11H,2,6-7,13H2,1H3,(H2,14,15). The topological polar surface area (TPSA) is 78.3 Å². The van der Waals surface area contributed by atoms with Gasteiger partial charge in [-0.15, -0.1) is 0 Å². The lowest BCUT2D eigenvalue weighted by atomic mass is 10.1. The zero-order valence-corrected chi connectivity index (χ0v) is 9.48. The van der Waals surface area contributed by atoms with E-state index in [4.69, 9.17) is 16.2 Å². The number of amides is 1. The highest BCUT2D eigenvalue weighted by Crippen LogP contribution is 2.16. The summed E-state index contributed by atoms with van der Waals surface area (Å²) in [4.78, 5) is 11.0. The molecule has 0 aliphatic heterocycles. The zero-order chi connectivity index (χ0) is 12.0. The highest BCUT2D eigenvalue weighted by molar-refractivity contribution is 5.79. The molecule has 16 heavy (non-hydrogen) atoms. The van der Waals surface area contributed by atoms with Crippen molar-refractivity contribution in [3.63, 3.8) is 0 Å². The molecule has 4 N–H and O–H groups in total. The summed E-state index contributed by atoms with van der Waals surface area (Å²) in [5.41, 5.74) is 11.8. The van der Waals surface area contributed by atoms with E-state index < -0.39 is 12.0 Å². The smallest absolute Gasteiger partial charge is 0.258 e. The lowest BCUT2D eigenvalue weighted by Crippen LogP contribution is -2.32. The average molecular weight is 222 g/mol.